The second-order valence-electron chi connectivity index (χ2n) is 7.49. The number of ether oxygens (including phenoxy) is 1. The first-order valence-corrected chi connectivity index (χ1v) is 10.2. The Bertz CT molecular complexity index is 1030. The molecule has 0 spiro atoms. The smallest absolute Gasteiger partial charge is 0.261 e. The summed E-state index contributed by atoms with van der Waals surface area (Å²) >= 11 is 0. The number of hydrogen-bond donors (Lipinski definition) is 1. The van der Waals surface area contributed by atoms with E-state index in [0.717, 1.165) is 6.42 Å². The van der Waals surface area contributed by atoms with E-state index in [2.05, 4.69) is 5.32 Å². The lowest BCUT2D eigenvalue weighted by atomic mass is 10.1. The van der Waals surface area contributed by atoms with Crippen LogP contribution in [0.25, 0.3) is 0 Å². The van der Waals surface area contributed by atoms with Gasteiger partial charge >= 0.3 is 0 Å². The van der Waals surface area contributed by atoms with E-state index in [4.69, 9.17) is 4.74 Å². The molecule has 0 unspecified atom stereocenters. The number of benzene rings is 2. The molecule has 2 aromatic carbocycles. The van der Waals surface area contributed by atoms with Crippen molar-refractivity contribution in [3.63, 3.8) is 0 Å². The first-order valence-electron chi connectivity index (χ1n) is 10.2. The molecule has 4 amide bonds. The molecule has 1 N–H and O–H groups in total. The minimum atomic E-state index is -0.323. The number of rotatable bonds is 7. The molecular formula is C23H23N3O5. The van der Waals surface area contributed by atoms with Crippen molar-refractivity contribution < 1.29 is 23.9 Å². The lowest BCUT2D eigenvalue weighted by molar-refractivity contribution is -0.117. The van der Waals surface area contributed by atoms with Gasteiger partial charge in [-0.05, 0) is 43.2 Å². The van der Waals surface area contributed by atoms with Gasteiger partial charge in [0.1, 0.15) is 5.75 Å². The van der Waals surface area contributed by atoms with Crippen LogP contribution in [0.5, 0.6) is 5.75 Å². The predicted molar refractivity (Wildman–Crippen MR) is 114 cm³/mol. The Morgan fingerprint density at radius 2 is 1.77 bits per heavy atom. The van der Waals surface area contributed by atoms with Crippen LogP contribution in [0.4, 0.5) is 11.4 Å². The van der Waals surface area contributed by atoms with E-state index in [9.17, 15) is 19.2 Å². The minimum absolute atomic E-state index is 0.0303. The highest BCUT2D eigenvalue weighted by Crippen LogP contribution is 2.34. The van der Waals surface area contributed by atoms with Gasteiger partial charge in [-0.2, -0.15) is 0 Å². The van der Waals surface area contributed by atoms with Crippen molar-refractivity contribution in [1.29, 1.82) is 0 Å². The average molecular weight is 421 g/mol. The lowest BCUT2D eigenvalue weighted by Gasteiger charge is -2.20. The molecule has 1 saturated heterocycles. The van der Waals surface area contributed by atoms with Gasteiger partial charge in [-0.25, -0.2) is 0 Å². The molecule has 1 fully saturated rings. The number of nitrogens with zero attached hydrogens (tertiary/aromatic N) is 2. The molecule has 0 radical (unpaired) electrons. The number of amides is 4. The Balaban J connectivity index is 1.35. The first-order chi connectivity index (χ1) is 15.0. The van der Waals surface area contributed by atoms with Crippen molar-refractivity contribution in [3.8, 4) is 5.75 Å². The predicted octanol–water partition coefficient (Wildman–Crippen LogP) is 2.84. The third-order valence-electron chi connectivity index (χ3n) is 5.49. The average Bonchev–Trinajstić information content (AvgIpc) is 3.30. The number of anilines is 2. The summed E-state index contributed by atoms with van der Waals surface area (Å²) in [7, 11) is 1.54. The summed E-state index contributed by atoms with van der Waals surface area (Å²) in [5.41, 5.74) is 1.99. The number of hydrogen-bond acceptors (Lipinski definition) is 5. The Hall–Kier alpha value is -3.68. The van der Waals surface area contributed by atoms with Gasteiger partial charge in [0.25, 0.3) is 11.8 Å². The van der Waals surface area contributed by atoms with Gasteiger partial charge in [-0.15, -0.1) is 0 Å². The second kappa shape index (κ2) is 8.59. The zero-order valence-electron chi connectivity index (χ0n) is 17.2. The molecule has 0 aliphatic carbocycles. The Morgan fingerprint density at radius 3 is 2.39 bits per heavy atom. The fraction of sp³-hybridized carbons (Fsp3) is 0.304. The molecule has 0 bridgehead atoms. The van der Waals surface area contributed by atoms with Crippen molar-refractivity contribution >= 4 is 35.0 Å². The third kappa shape index (κ3) is 4.01. The van der Waals surface area contributed by atoms with Crippen LogP contribution in [0.15, 0.2) is 42.5 Å². The van der Waals surface area contributed by atoms with Crippen LogP contribution in [0.1, 0.15) is 46.4 Å². The molecular weight excluding hydrogens is 398 g/mol. The summed E-state index contributed by atoms with van der Waals surface area (Å²) in [4.78, 5) is 52.1. The summed E-state index contributed by atoms with van der Waals surface area (Å²) in [6.45, 7) is 0.794. The van der Waals surface area contributed by atoms with Crippen LogP contribution < -0.4 is 15.0 Å². The molecule has 4 rings (SSSR count). The second-order valence-corrected chi connectivity index (χ2v) is 7.49. The Morgan fingerprint density at radius 1 is 1.06 bits per heavy atom. The molecule has 8 nitrogen and oxygen atoms in total. The van der Waals surface area contributed by atoms with Gasteiger partial charge < -0.3 is 15.0 Å². The number of imide groups is 1. The number of nitrogens with one attached hydrogen (secondary N) is 1. The summed E-state index contributed by atoms with van der Waals surface area (Å²) in [5, 5.41) is 2.82. The maximum Gasteiger partial charge on any atom is 0.261 e. The van der Waals surface area contributed by atoms with Crippen LogP contribution in [0.3, 0.4) is 0 Å². The lowest BCUT2D eigenvalue weighted by Crippen LogP contribution is -2.31. The van der Waals surface area contributed by atoms with E-state index in [-0.39, 0.29) is 36.6 Å². The molecule has 2 aliphatic rings. The van der Waals surface area contributed by atoms with E-state index in [0.29, 0.717) is 47.6 Å². The highest BCUT2D eigenvalue weighted by atomic mass is 16.5. The van der Waals surface area contributed by atoms with E-state index >= 15 is 0 Å². The maximum atomic E-state index is 12.4. The summed E-state index contributed by atoms with van der Waals surface area (Å²) in [6.07, 6.45) is 1.79. The summed E-state index contributed by atoms with van der Waals surface area (Å²) in [6, 6.07) is 11.9. The third-order valence-corrected chi connectivity index (χ3v) is 5.49. The SMILES string of the molecule is COc1ccc(NC(=O)CCCN2C(=O)c3ccccc3C2=O)cc1N1CCCC1=O. The highest BCUT2D eigenvalue weighted by Gasteiger charge is 2.34. The number of methoxy groups -OCH3 is 1. The molecule has 0 saturated carbocycles. The van der Waals surface area contributed by atoms with Gasteiger partial charge in [-0.3, -0.25) is 24.1 Å². The molecule has 160 valence electrons. The fourth-order valence-electron chi connectivity index (χ4n) is 3.94. The Labute approximate surface area is 179 Å². The zero-order chi connectivity index (χ0) is 22.0. The molecule has 0 atom stereocenters. The molecule has 2 heterocycles. The zero-order valence-corrected chi connectivity index (χ0v) is 17.2. The van der Waals surface area contributed by atoms with Crippen LogP contribution >= 0.6 is 0 Å². The van der Waals surface area contributed by atoms with Crippen LogP contribution in [0.2, 0.25) is 0 Å². The monoisotopic (exact) mass is 421 g/mol. The summed E-state index contributed by atoms with van der Waals surface area (Å²) in [5.74, 6) is -0.283. The van der Waals surface area contributed by atoms with Gasteiger partial charge in [-0.1, -0.05) is 12.1 Å². The Kier molecular flexibility index (Phi) is 5.70. The van der Waals surface area contributed by atoms with E-state index in [1.807, 2.05) is 0 Å². The van der Waals surface area contributed by atoms with Crippen molar-refractivity contribution in [1.82, 2.24) is 4.90 Å². The number of carbonyl (C=O) groups excluding carboxylic acids is 4. The molecule has 2 aliphatic heterocycles. The van der Waals surface area contributed by atoms with Crippen LogP contribution in [-0.4, -0.2) is 48.7 Å². The summed E-state index contributed by atoms with van der Waals surface area (Å²) < 4.78 is 5.36. The van der Waals surface area contributed by atoms with Crippen LogP contribution in [0, 0.1) is 0 Å². The molecule has 8 heteroatoms. The number of carbonyl (C=O) groups is 4. The quantitative estimate of drug-likeness (QED) is 0.694. The van der Waals surface area contributed by atoms with Crippen LogP contribution in [-0.2, 0) is 9.59 Å². The van der Waals surface area contributed by atoms with Gasteiger partial charge in [0.2, 0.25) is 11.8 Å². The fourth-order valence-corrected chi connectivity index (χ4v) is 3.94. The first kappa shape index (κ1) is 20.6. The van der Waals surface area contributed by atoms with Crippen molar-refractivity contribution in [2.75, 3.05) is 30.4 Å². The van der Waals surface area contributed by atoms with Crippen molar-refractivity contribution in [2.45, 2.75) is 25.7 Å². The molecule has 2 aromatic rings. The van der Waals surface area contributed by atoms with Gasteiger partial charge in [0, 0.05) is 31.6 Å². The van der Waals surface area contributed by atoms with E-state index in [1.165, 1.54) is 12.0 Å². The van der Waals surface area contributed by atoms with E-state index < -0.39 is 0 Å². The highest BCUT2D eigenvalue weighted by molar-refractivity contribution is 6.21. The van der Waals surface area contributed by atoms with Crippen molar-refractivity contribution in [2.24, 2.45) is 0 Å². The standard InChI is InChI=1S/C23H23N3O5/c1-31-19-11-10-15(14-18(19)25-12-5-9-21(25)28)24-20(27)8-4-13-26-22(29)16-6-2-3-7-17(16)23(26)30/h2-3,6-7,10-11,14H,4-5,8-9,12-13H2,1H3,(H,24,27). The van der Waals surface area contributed by atoms with Crippen molar-refractivity contribution in [3.05, 3.63) is 53.6 Å². The largest absolute Gasteiger partial charge is 0.495 e. The normalized spacial score (nSPS) is 15.5. The topological polar surface area (TPSA) is 96.0 Å². The minimum Gasteiger partial charge on any atom is -0.495 e. The van der Waals surface area contributed by atoms with E-state index in [1.54, 1.807) is 47.4 Å². The molecule has 31 heavy (non-hydrogen) atoms. The van der Waals surface area contributed by atoms with Gasteiger partial charge in [0.05, 0.1) is 23.9 Å². The number of fused-ring (bicyclic) bond motifs is 1. The maximum absolute atomic E-state index is 12.4. The molecule has 0 aromatic heterocycles. The van der Waals surface area contributed by atoms with Gasteiger partial charge in [0.15, 0.2) is 0 Å².